The minimum Gasteiger partial charge on any atom is -0.485 e. The van der Waals surface area contributed by atoms with Crippen molar-refractivity contribution in [3.05, 3.63) is 30.1 Å². The van der Waals surface area contributed by atoms with Crippen molar-refractivity contribution in [1.82, 2.24) is 9.97 Å². The van der Waals surface area contributed by atoms with Crippen LogP contribution in [-0.2, 0) is 0 Å². The maximum absolute atomic E-state index is 5.31. The van der Waals surface area contributed by atoms with Gasteiger partial charge in [0.15, 0.2) is 5.69 Å². The highest BCUT2D eigenvalue weighted by Crippen LogP contribution is 2.32. The summed E-state index contributed by atoms with van der Waals surface area (Å²) in [7, 11) is 1.58. The third kappa shape index (κ3) is 1.83. The fraction of sp³-hybridized carbons (Fsp3) is 0.0909. The minimum absolute atomic E-state index is 0.531. The summed E-state index contributed by atoms with van der Waals surface area (Å²) in [5, 5.41) is 1.43. The zero-order valence-electron chi connectivity index (χ0n) is 8.10. The number of hydrogen-bond acceptors (Lipinski definition) is 4. The molecule has 0 saturated carbocycles. The van der Waals surface area contributed by atoms with Gasteiger partial charge in [-0.2, -0.15) is 0 Å². The second-order valence-corrected chi connectivity index (χ2v) is 3.68. The van der Waals surface area contributed by atoms with Crippen LogP contribution in [0.4, 0.5) is 0 Å². The first kappa shape index (κ1) is 9.69. The lowest BCUT2D eigenvalue weighted by Gasteiger charge is -1.91. The van der Waals surface area contributed by atoms with Crippen LogP contribution in [0, 0.1) is 12.3 Å². The molecule has 74 valence electrons. The Bertz CT molecular complexity index is 499. The summed E-state index contributed by atoms with van der Waals surface area (Å²) in [6.45, 7) is 0. The van der Waals surface area contributed by atoms with Gasteiger partial charge in [0.05, 0.1) is 12.8 Å². The fourth-order valence-electron chi connectivity index (χ4n) is 1.13. The molecule has 0 aliphatic carbocycles. The highest BCUT2D eigenvalue weighted by molar-refractivity contribution is 7.17. The van der Waals surface area contributed by atoms with Crippen molar-refractivity contribution in [2.24, 2.45) is 0 Å². The normalized spacial score (nSPS) is 9.60. The molecule has 0 atom stereocenters. The number of thiazole rings is 1. The molecule has 0 fully saturated rings. The van der Waals surface area contributed by atoms with Crippen LogP contribution >= 0.6 is 11.3 Å². The lowest BCUT2D eigenvalue weighted by molar-refractivity contribution is 0.425. The number of rotatable bonds is 2. The average Bonchev–Trinajstić information content (AvgIpc) is 2.73. The number of methoxy groups -OCH3 is 1. The van der Waals surface area contributed by atoms with Crippen LogP contribution < -0.4 is 4.74 Å². The first-order valence-corrected chi connectivity index (χ1v) is 5.09. The van der Waals surface area contributed by atoms with Gasteiger partial charge in [-0.05, 0) is 18.1 Å². The van der Waals surface area contributed by atoms with Crippen molar-refractivity contribution in [2.75, 3.05) is 7.11 Å². The Morgan fingerprint density at radius 3 is 2.87 bits per heavy atom. The number of terminal acetylenes is 1. The molecule has 0 bridgehead atoms. The van der Waals surface area contributed by atoms with Crippen molar-refractivity contribution in [3.8, 4) is 28.1 Å². The van der Waals surface area contributed by atoms with E-state index in [1.807, 2.05) is 18.2 Å². The van der Waals surface area contributed by atoms with E-state index >= 15 is 0 Å². The monoisotopic (exact) mass is 216 g/mol. The van der Waals surface area contributed by atoms with Gasteiger partial charge in [0.25, 0.3) is 0 Å². The lowest BCUT2D eigenvalue weighted by Crippen LogP contribution is -1.83. The predicted molar refractivity (Wildman–Crippen MR) is 59.8 cm³/mol. The van der Waals surface area contributed by atoms with Gasteiger partial charge < -0.3 is 4.74 Å². The Balaban J connectivity index is 2.48. The molecule has 2 aromatic heterocycles. The molecule has 2 heterocycles. The predicted octanol–water partition coefficient (Wildman–Crippen LogP) is 2.20. The Labute approximate surface area is 91.8 Å². The highest BCUT2D eigenvalue weighted by atomic mass is 32.1. The summed E-state index contributed by atoms with van der Waals surface area (Å²) < 4.78 is 5.12. The summed E-state index contributed by atoms with van der Waals surface area (Å²) in [5.41, 5.74) is 1.34. The van der Waals surface area contributed by atoms with Crippen molar-refractivity contribution in [1.29, 1.82) is 0 Å². The van der Waals surface area contributed by atoms with E-state index in [9.17, 15) is 0 Å². The molecule has 0 spiro atoms. The quantitative estimate of drug-likeness (QED) is 0.722. The topological polar surface area (TPSA) is 35.0 Å². The molecule has 0 amide bonds. The first-order chi connectivity index (χ1) is 7.35. The van der Waals surface area contributed by atoms with E-state index < -0.39 is 0 Å². The molecule has 0 unspecified atom stereocenters. The number of nitrogens with zero attached hydrogens (tertiary/aromatic N) is 2. The Morgan fingerprint density at radius 2 is 2.33 bits per heavy atom. The van der Waals surface area contributed by atoms with Gasteiger partial charge in [-0.3, -0.25) is 4.98 Å². The molecular formula is C11H8N2OS. The van der Waals surface area contributed by atoms with Crippen molar-refractivity contribution in [3.63, 3.8) is 0 Å². The molecule has 0 aliphatic heterocycles. The fourth-order valence-corrected chi connectivity index (χ4v) is 1.96. The van der Waals surface area contributed by atoms with Gasteiger partial charge in [0.1, 0.15) is 5.01 Å². The van der Waals surface area contributed by atoms with Crippen molar-refractivity contribution >= 4 is 11.3 Å². The second kappa shape index (κ2) is 4.11. The summed E-state index contributed by atoms with van der Waals surface area (Å²) >= 11 is 1.40. The smallest absolute Gasteiger partial charge is 0.210 e. The largest absolute Gasteiger partial charge is 0.485 e. The summed E-state index contributed by atoms with van der Waals surface area (Å²) in [6, 6.07) is 5.65. The van der Waals surface area contributed by atoms with Gasteiger partial charge in [-0.1, -0.05) is 17.4 Å². The van der Waals surface area contributed by atoms with Crippen LogP contribution in [0.15, 0.2) is 24.4 Å². The molecular weight excluding hydrogens is 208 g/mol. The van der Waals surface area contributed by atoms with Gasteiger partial charge in [-0.25, -0.2) is 4.98 Å². The Hall–Kier alpha value is -1.86. The van der Waals surface area contributed by atoms with E-state index in [0.29, 0.717) is 10.8 Å². The van der Waals surface area contributed by atoms with E-state index in [1.165, 1.54) is 11.3 Å². The number of pyridine rings is 1. The minimum atomic E-state index is 0.531. The van der Waals surface area contributed by atoms with Crippen LogP contribution in [0.1, 0.15) is 5.69 Å². The number of hydrogen-bond donors (Lipinski definition) is 0. The Morgan fingerprint density at radius 1 is 1.47 bits per heavy atom. The van der Waals surface area contributed by atoms with E-state index in [1.54, 1.807) is 13.3 Å². The molecule has 15 heavy (non-hydrogen) atoms. The summed E-state index contributed by atoms with van der Waals surface area (Å²) in [5.74, 6) is 2.48. The standard InChI is InChI=1S/C11H8N2OS/c1-3-8-11(14-2)15-10(13-8)9-6-4-5-7-12-9/h1,4-7H,2H3. The summed E-state index contributed by atoms with van der Waals surface area (Å²) in [6.07, 6.45) is 7.03. The van der Waals surface area contributed by atoms with Gasteiger partial charge in [-0.15, -0.1) is 6.42 Å². The van der Waals surface area contributed by atoms with Crippen molar-refractivity contribution < 1.29 is 4.74 Å². The first-order valence-electron chi connectivity index (χ1n) is 4.28. The molecule has 2 aromatic rings. The van der Waals surface area contributed by atoms with E-state index in [0.717, 1.165) is 10.7 Å². The average molecular weight is 216 g/mol. The van der Waals surface area contributed by atoms with E-state index in [-0.39, 0.29) is 0 Å². The van der Waals surface area contributed by atoms with Crippen LogP contribution in [0.3, 0.4) is 0 Å². The lowest BCUT2D eigenvalue weighted by atomic mass is 10.4. The molecule has 2 rings (SSSR count). The summed E-state index contributed by atoms with van der Waals surface area (Å²) in [4.78, 5) is 8.46. The molecule has 0 radical (unpaired) electrons. The van der Waals surface area contributed by atoms with Gasteiger partial charge >= 0.3 is 0 Å². The number of ether oxygens (including phenoxy) is 1. The molecule has 0 N–H and O–H groups in total. The molecule has 0 aromatic carbocycles. The second-order valence-electron chi connectivity index (χ2n) is 2.72. The molecule has 0 saturated heterocycles. The van der Waals surface area contributed by atoms with Gasteiger partial charge in [0, 0.05) is 6.20 Å². The SMILES string of the molecule is C#Cc1nc(-c2ccccn2)sc1OC. The highest BCUT2D eigenvalue weighted by Gasteiger charge is 2.11. The zero-order chi connectivity index (χ0) is 10.7. The zero-order valence-corrected chi connectivity index (χ0v) is 8.91. The third-order valence-electron chi connectivity index (χ3n) is 1.80. The van der Waals surface area contributed by atoms with Crippen LogP contribution in [-0.4, -0.2) is 17.1 Å². The van der Waals surface area contributed by atoms with Crippen LogP contribution in [0.25, 0.3) is 10.7 Å². The van der Waals surface area contributed by atoms with Crippen LogP contribution in [0.2, 0.25) is 0 Å². The maximum atomic E-state index is 5.31. The Kier molecular flexibility index (Phi) is 2.66. The third-order valence-corrected chi connectivity index (χ3v) is 2.84. The maximum Gasteiger partial charge on any atom is 0.210 e. The van der Waals surface area contributed by atoms with Gasteiger partial charge in [0.2, 0.25) is 5.06 Å². The van der Waals surface area contributed by atoms with Crippen LogP contribution in [0.5, 0.6) is 5.06 Å². The van der Waals surface area contributed by atoms with E-state index in [4.69, 9.17) is 11.2 Å². The molecule has 0 aliphatic rings. The molecule has 4 heteroatoms. The number of aromatic nitrogens is 2. The van der Waals surface area contributed by atoms with Crippen molar-refractivity contribution in [2.45, 2.75) is 0 Å². The molecule has 3 nitrogen and oxygen atoms in total. The van der Waals surface area contributed by atoms with E-state index in [2.05, 4.69) is 15.9 Å².